The SMILES string of the molecule is CC(C)CCN(Cc1cc(-c2ccc(C(F)(F)F)cc2)cc(C(C)CC(C)C)c1)Cc1cc(F)c(F)c(F)c1. The molecule has 0 spiro atoms. The average molecular weight is 550 g/mol. The number of benzene rings is 3. The molecule has 39 heavy (non-hydrogen) atoms. The van der Waals surface area contributed by atoms with E-state index < -0.39 is 29.2 Å². The van der Waals surface area contributed by atoms with Crippen LogP contribution in [-0.4, -0.2) is 11.4 Å². The Morgan fingerprint density at radius 1 is 0.692 bits per heavy atom. The van der Waals surface area contributed by atoms with Gasteiger partial charge in [0, 0.05) is 13.1 Å². The van der Waals surface area contributed by atoms with Gasteiger partial charge in [-0.05, 0) is 95.3 Å². The van der Waals surface area contributed by atoms with Gasteiger partial charge in [-0.2, -0.15) is 13.2 Å². The van der Waals surface area contributed by atoms with E-state index in [1.165, 1.54) is 12.1 Å². The number of hydrogen-bond donors (Lipinski definition) is 0. The Balaban J connectivity index is 1.99. The van der Waals surface area contributed by atoms with Crippen LogP contribution >= 0.6 is 0 Å². The van der Waals surface area contributed by atoms with Crippen molar-refractivity contribution in [3.63, 3.8) is 0 Å². The van der Waals surface area contributed by atoms with Crippen molar-refractivity contribution in [2.24, 2.45) is 11.8 Å². The van der Waals surface area contributed by atoms with Crippen molar-refractivity contribution in [3.05, 3.63) is 94.3 Å². The molecule has 212 valence electrons. The van der Waals surface area contributed by atoms with Gasteiger partial charge in [-0.25, -0.2) is 13.2 Å². The summed E-state index contributed by atoms with van der Waals surface area (Å²) in [5, 5.41) is 0. The molecule has 1 nitrogen and oxygen atoms in total. The smallest absolute Gasteiger partial charge is 0.295 e. The fourth-order valence-corrected chi connectivity index (χ4v) is 4.83. The van der Waals surface area contributed by atoms with Gasteiger partial charge in [-0.1, -0.05) is 58.9 Å². The van der Waals surface area contributed by atoms with E-state index in [9.17, 15) is 26.3 Å². The Labute approximate surface area is 227 Å². The molecule has 0 radical (unpaired) electrons. The van der Waals surface area contributed by atoms with E-state index >= 15 is 0 Å². The monoisotopic (exact) mass is 549 g/mol. The van der Waals surface area contributed by atoms with E-state index in [-0.39, 0.29) is 12.5 Å². The minimum atomic E-state index is -4.41. The first-order valence-corrected chi connectivity index (χ1v) is 13.4. The van der Waals surface area contributed by atoms with Gasteiger partial charge in [0.2, 0.25) is 0 Å². The van der Waals surface area contributed by atoms with Gasteiger partial charge in [0.05, 0.1) is 5.56 Å². The summed E-state index contributed by atoms with van der Waals surface area (Å²) in [5.74, 6) is -2.84. The van der Waals surface area contributed by atoms with Crippen LogP contribution in [-0.2, 0) is 19.3 Å². The zero-order chi connectivity index (χ0) is 28.9. The predicted octanol–water partition coefficient (Wildman–Crippen LogP) is 9.99. The van der Waals surface area contributed by atoms with E-state index in [0.29, 0.717) is 36.1 Å². The van der Waals surface area contributed by atoms with E-state index in [4.69, 9.17) is 0 Å². The Morgan fingerprint density at radius 3 is 1.77 bits per heavy atom. The van der Waals surface area contributed by atoms with Crippen molar-refractivity contribution in [2.45, 2.75) is 72.6 Å². The van der Waals surface area contributed by atoms with Gasteiger partial charge >= 0.3 is 6.18 Å². The maximum Gasteiger partial charge on any atom is 0.416 e. The lowest BCUT2D eigenvalue weighted by Gasteiger charge is -2.25. The van der Waals surface area contributed by atoms with Crippen molar-refractivity contribution in [1.29, 1.82) is 0 Å². The van der Waals surface area contributed by atoms with Crippen molar-refractivity contribution < 1.29 is 26.3 Å². The van der Waals surface area contributed by atoms with Gasteiger partial charge in [-0.3, -0.25) is 4.90 Å². The molecule has 1 atom stereocenters. The summed E-state index contributed by atoms with van der Waals surface area (Å²) in [5.41, 5.74) is 3.16. The Kier molecular flexibility index (Phi) is 10.3. The molecular weight excluding hydrogens is 512 g/mol. The molecule has 0 heterocycles. The lowest BCUT2D eigenvalue weighted by atomic mass is 9.88. The van der Waals surface area contributed by atoms with Crippen LogP contribution in [0.5, 0.6) is 0 Å². The normalized spacial score (nSPS) is 13.1. The number of halogens is 6. The highest BCUT2D eigenvalue weighted by Gasteiger charge is 2.30. The Morgan fingerprint density at radius 2 is 1.26 bits per heavy atom. The summed E-state index contributed by atoms with van der Waals surface area (Å²) in [6.07, 6.45) is -2.62. The first-order valence-electron chi connectivity index (χ1n) is 13.4. The molecule has 0 fully saturated rings. The number of alkyl halides is 3. The third-order valence-electron chi connectivity index (χ3n) is 6.83. The highest BCUT2D eigenvalue weighted by molar-refractivity contribution is 5.66. The fourth-order valence-electron chi connectivity index (χ4n) is 4.83. The second kappa shape index (κ2) is 13.0. The van der Waals surface area contributed by atoms with Crippen LogP contribution < -0.4 is 0 Å². The van der Waals surface area contributed by atoms with Crippen LogP contribution in [0.3, 0.4) is 0 Å². The topological polar surface area (TPSA) is 3.24 Å². The lowest BCUT2D eigenvalue weighted by molar-refractivity contribution is -0.137. The third kappa shape index (κ3) is 8.85. The van der Waals surface area contributed by atoms with Crippen LogP contribution in [0, 0.1) is 29.3 Å². The van der Waals surface area contributed by atoms with Crippen LogP contribution in [0.1, 0.15) is 75.6 Å². The minimum Gasteiger partial charge on any atom is -0.295 e. The zero-order valence-corrected chi connectivity index (χ0v) is 23.2. The molecule has 0 aliphatic carbocycles. The summed E-state index contributed by atoms with van der Waals surface area (Å²) < 4.78 is 80.7. The highest BCUT2D eigenvalue weighted by Crippen LogP contribution is 2.33. The molecule has 0 N–H and O–H groups in total. The minimum absolute atomic E-state index is 0.224. The molecule has 0 bridgehead atoms. The summed E-state index contributed by atoms with van der Waals surface area (Å²) in [7, 11) is 0. The first kappa shape index (κ1) is 30.7. The van der Waals surface area contributed by atoms with Crippen LogP contribution in [0.4, 0.5) is 26.3 Å². The van der Waals surface area contributed by atoms with E-state index in [1.54, 1.807) is 0 Å². The second-order valence-electron chi connectivity index (χ2n) is 11.3. The maximum atomic E-state index is 13.9. The van der Waals surface area contributed by atoms with Gasteiger partial charge < -0.3 is 0 Å². The van der Waals surface area contributed by atoms with E-state index in [1.807, 2.05) is 12.1 Å². The molecule has 0 saturated heterocycles. The van der Waals surface area contributed by atoms with Crippen LogP contribution in [0.2, 0.25) is 0 Å². The molecule has 3 aromatic rings. The van der Waals surface area contributed by atoms with Gasteiger partial charge in [0.1, 0.15) is 0 Å². The Bertz CT molecular complexity index is 1210. The standard InChI is InChI=1S/C32H37F6N/c1-20(2)10-11-39(19-24-15-29(33)31(35)30(34)16-24)18-23-13-26(22(5)12-21(3)4)17-27(14-23)25-6-8-28(9-7-25)32(36,37)38/h6-9,13-17,20-22H,10-12,18-19H2,1-5H3. The summed E-state index contributed by atoms with van der Waals surface area (Å²) in [6.45, 7) is 11.9. The summed E-state index contributed by atoms with van der Waals surface area (Å²) in [6, 6.07) is 13.3. The molecule has 0 saturated carbocycles. The summed E-state index contributed by atoms with van der Waals surface area (Å²) in [4.78, 5) is 2.06. The quantitative estimate of drug-likeness (QED) is 0.170. The van der Waals surface area contributed by atoms with Gasteiger partial charge in [0.25, 0.3) is 0 Å². The molecule has 0 aliphatic rings. The number of rotatable bonds is 11. The largest absolute Gasteiger partial charge is 0.416 e. The fraction of sp³-hybridized carbons (Fsp3) is 0.438. The van der Waals surface area contributed by atoms with E-state index in [2.05, 4.69) is 45.6 Å². The van der Waals surface area contributed by atoms with Gasteiger partial charge in [0.15, 0.2) is 17.5 Å². The first-order chi connectivity index (χ1) is 18.2. The van der Waals surface area contributed by atoms with Gasteiger partial charge in [-0.15, -0.1) is 0 Å². The lowest BCUT2D eigenvalue weighted by Crippen LogP contribution is -2.25. The van der Waals surface area contributed by atoms with Crippen molar-refractivity contribution in [1.82, 2.24) is 4.90 Å². The summed E-state index contributed by atoms with van der Waals surface area (Å²) >= 11 is 0. The molecule has 3 aromatic carbocycles. The molecule has 3 rings (SSSR count). The molecule has 7 heteroatoms. The number of hydrogen-bond acceptors (Lipinski definition) is 1. The third-order valence-corrected chi connectivity index (χ3v) is 6.83. The average Bonchev–Trinajstić information content (AvgIpc) is 2.84. The maximum absolute atomic E-state index is 13.9. The van der Waals surface area contributed by atoms with Crippen LogP contribution in [0.15, 0.2) is 54.6 Å². The van der Waals surface area contributed by atoms with Crippen LogP contribution in [0.25, 0.3) is 11.1 Å². The highest BCUT2D eigenvalue weighted by atomic mass is 19.4. The molecule has 0 aromatic heterocycles. The van der Waals surface area contributed by atoms with Crippen molar-refractivity contribution in [2.75, 3.05) is 6.54 Å². The zero-order valence-electron chi connectivity index (χ0n) is 23.2. The van der Waals surface area contributed by atoms with E-state index in [0.717, 1.165) is 53.8 Å². The number of nitrogens with zero attached hydrogens (tertiary/aromatic N) is 1. The molecular formula is C32H37F6N. The molecule has 0 aliphatic heterocycles. The van der Waals surface area contributed by atoms with Crippen molar-refractivity contribution >= 4 is 0 Å². The second-order valence-corrected chi connectivity index (χ2v) is 11.3. The molecule has 1 unspecified atom stereocenters. The molecule has 0 amide bonds. The Hall–Kier alpha value is -2.80. The predicted molar refractivity (Wildman–Crippen MR) is 145 cm³/mol. The van der Waals surface area contributed by atoms with Crippen molar-refractivity contribution in [3.8, 4) is 11.1 Å².